The van der Waals surface area contributed by atoms with Crippen molar-refractivity contribution in [2.24, 2.45) is 0 Å². The van der Waals surface area contributed by atoms with Gasteiger partial charge in [0.2, 0.25) is 0 Å². The first-order valence-electron chi connectivity index (χ1n) is 8.57. The van der Waals surface area contributed by atoms with Crippen LogP contribution in [-0.2, 0) is 0 Å². The van der Waals surface area contributed by atoms with Gasteiger partial charge in [-0.15, -0.1) is 0 Å². The summed E-state index contributed by atoms with van der Waals surface area (Å²) in [4.78, 5) is 14.8. The van der Waals surface area contributed by atoms with E-state index in [0.29, 0.717) is 16.9 Å². The Balaban J connectivity index is 2.28. The molecule has 0 aliphatic rings. The highest BCUT2D eigenvalue weighted by molar-refractivity contribution is 5.95. The topological polar surface area (TPSA) is 38.1 Å². The molecule has 0 aliphatic carbocycles. The molecule has 0 spiro atoms. The van der Waals surface area contributed by atoms with Crippen LogP contribution in [0.5, 0.6) is 0 Å². The lowest BCUT2D eigenvalue weighted by Gasteiger charge is -2.26. The molecule has 0 aliphatic heterocycles. The first-order chi connectivity index (χ1) is 11.5. The third-order valence-corrected chi connectivity index (χ3v) is 4.21. The van der Waals surface area contributed by atoms with Crippen LogP contribution < -0.4 is 0 Å². The van der Waals surface area contributed by atoms with E-state index in [2.05, 4.69) is 12.0 Å². The first kappa shape index (κ1) is 18.2. The second kappa shape index (κ2) is 8.08. The Hall–Kier alpha value is -2.17. The fourth-order valence-electron chi connectivity index (χ4n) is 2.77. The number of halogens is 1. The minimum atomic E-state index is -0.355. The average molecular weight is 331 g/mol. The van der Waals surface area contributed by atoms with Gasteiger partial charge in [0.05, 0.1) is 17.5 Å². The number of hydrogen-bond donors (Lipinski definition) is 0. The van der Waals surface area contributed by atoms with Crippen LogP contribution in [0.4, 0.5) is 4.39 Å². The summed E-state index contributed by atoms with van der Waals surface area (Å²) in [7, 11) is 0. The zero-order valence-electron chi connectivity index (χ0n) is 14.9. The second-order valence-electron chi connectivity index (χ2n) is 6.31. The Morgan fingerprint density at radius 2 is 2.00 bits per heavy atom. The van der Waals surface area contributed by atoms with E-state index in [0.717, 1.165) is 25.8 Å². The molecule has 1 heterocycles. The highest BCUT2D eigenvalue weighted by Gasteiger charge is 2.23. The maximum Gasteiger partial charge on any atom is 0.257 e. The summed E-state index contributed by atoms with van der Waals surface area (Å²) >= 11 is 0. The smallest absolute Gasteiger partial charge is 0.257 e. The number of carbonyl (C=O) groups is 1. The van der Waals surface area contributed by atoms with Crippen molar-refractivity contribution in [2.75, 3.05) is 6.54 Å². The van der Waals surface area contributed by atoms with E-state index >= 15 is 0 Å². The van der Waals surface area contributed by atoms with Crippen LogP contribution in [0.25, 0.3) is 5.69 Å². The van der Waals surface area contributed by atoms with Gasteiger partial charge in [-0.2, -0.15) is 5.10 Å². The molecule has 0 saturated carbocycles. The minimum Gasteiger partial charge on any atom is -0.336 e. The molecular weight excluding hydrogens is 305 g/mol. The summed E-state index contributed by atoms with van der Waals surface area (Å²) in [6.45, 7) is 8.71. The molecule has 1 aromatic carbocycles. The predicted octanol–water partition coefficient (Wildman–Crippen LogP) is 4.36. The number of benzene rings is 1. The Bertz CT molecular complexity index is 694. The fourth-order valence-corrected chi connectivity index (χ4v) is 2.77. The van der Waals surface area contributed by atoms with Crippen molar-refractivity contribution >= 4 is 5.91 Å². The molecule has 2 rings (SSSR count). The molecule has 0 N–H and O–H groups in total. The van der Waals surface area contributed by atoms with E-state index in [-0.39, 0.29) is 17.8 Å². The number of nitrogens with zero attached hydrogens (tertiary/aromatic N) is 3. The molecule has 1 aromatic heterocycles. The summed E-state index contributed by atoms with van der Waals surface area (Å²) in [5, 5.41) is 4.24. The molecule has 24 heavy (non-hydrogen) atoms. The Labute approximate surface area is 143 Å². The summed E-state index contributed by atoms with van der Waals surface area (Å²) in [6.07, 6.45) is 4.74. The van der Waals surface area contributed by atoms with Crippen molar-refractivity contribution < 1.29 is 9.18 Å². The van der Waals surface area contributed by atoms with Crippen LogP contribution in [0.3, 0.4) is 0 Å². The van der Waals surface area contributed by atoms with E-state index in [1.807, 2.05) is 18.7 Å². The van der Waals surface area contributed by atoms with Crippen molar-refractivity contribution in [1.82, 2.24) is 14.7 Å². The molecule has 2 aromatic rings. The van der Waals surface area contributed by atoms with Gasteiger partial charge in [-0.3, -0.25) is 4.79 Å². The lowest BCUT2D eigenvalue weighted by Crippen LogP contribution is -2.38. The minimum absolute atomic E-state index is 0.0406. The fraction of sp³-hybridized carbons (Fsp3) is 0.474. The lowest BCUT2D eigenvalue weighted by atomic mass is 10.1. The van der Waals surface area contributed by atoms with E-state index in [4.69, 9.17) is 0 Å². The van der Waals surface area contributed by atoms with Gasteiger partial charge in [-0.25, -0.2) is 9.07 Å². The summed E-state index contributed by atoms with van der Waals surface area (Å²) in [5.41, 5.74) is 1.55. The first-order valence-corrected chi connectivity index (χ1v) is 8.57. The third kappa shape index (κ3) is 3.83. The molecular formula is C19H26FN3O. The van der Waals surface area contributed by atoms with E-state index in [1.165, 1.54) is 10.7 Å². The molecule has 0 atom stereocenters. The van der Waals surface area contributed by atoms with Gasteiger partial charge in [0.25, 0.3) is 5.91 Å². The van der Waals surface area contributed by atoms with Crippen LogP contribution in [-0.4, -0.2) is 33.2 Å². The molecule has 130 valence electrons. The number of unbranched alkanes of at least 4 members (excludes halogenated alkanes) is 2. The average Bonchev–Trinajstić information content (AvgIpc) is 2.92. The van der Waals surface area contributed by atoms with Crippen molar-refractivity contribution in [3.63, 3.8) is 0 Å². The van der Waals surface area contributed by atoms with Gasteiger partial charge in [0.1, 0.15) is 11.5 Å². The Morgan fingerprint density at radius 1 is 1.29 bits per heavy atom. The molecule has 0 saturated heterocycles. The van der Waals surface area contributed by atoms with Gasteiger partial charge < -0.3 is 4.90 Å². The largest absolute Gasteiger partial charge is 0.336 e. The molecule has 5 heteroatoms. The normalized spacial score (nSPS) is 11.1. The highest BCUT2D eigenvalue weighted by atomic mass is 19.1. The maximum atomic E-state index is 14.0. The maximum absolute atomic E-state index is 14.0. The van der Waals surface area contributed by atoms with Crippen molar-refractivity contribution in [3.8, 4) is 5.69 Å². The van der Waals surface area contributed by atoms with Crippen LogP contribution in [0.1, 0.15) is 56.1 Å². The molecule has 1 amide bonds. The van der Waals surface area contributed by atoms with E-state index in [9.17, 15) is 9.18 Å². The van der Waals surface area contributed by atoms with E-state index < -0.39 is 0 Å². The summed E-state index contributed by atoms with van der Waals surface area (Å²) < 4.78 is 15.5. The van der Waals surface area contributed by atoms with Gasteiger partial charge in [-0.1, -0.05) is 31.9 Å². The lowest BCUT2D eigenvalue weighted by molar-refractivity contribution is 0.0701. The number of hydrogen-bond acceptors (Lipinski definition) is 2. The van der Waals surface area contributed by atoms with Crippen molar-refractivity contribution in [1.29, 1.82) is 0 Å². The number of rotatable bonds is 7. The van der Waals surface area contributed by atoms with Crippen molar-refractivity contribution in [2.45, 2.75) is 53.0 Å². The Kier molecular flexibility index (Phi) is 6.12. The zero-order valence-corrected chi connectivity index (χ0v) is 14.9. The van der Waals surface area contributed by atoms with Gasteiger partial charge in [0, 0.05) is 12.6 Å². The quantitative estimate of drug-likeness (QED) is 0.707. The van der Waals surface area contributed by atoms with Gasteiger partial charge >= 0.3 is 0 Å². The molecule has 0 bridgehead atoms. The van der Waals surface area contributed by atoms with Crippen LogP contribution in [0.15, 0.2) is 30.5 Å². The van der Waals surface area contributed by atoms with Crippen molar-refractivity contribution in [3.05, 3.63) is 47.5 Å². The monoisotopic (exact) mass is 331 g/mol. The standard InChI is InChI=1S/C19H26FN3O/c1-5-6-9-12-22(14(2)3)19(24)16-13-21-23(15(16)4)18-11-8-7-10-17(18)20/h7-8,10-11,13-14H,5-6,9,12H2,1-4H3. The number of para-hydroxylation sites is 1. The highest BCUT2D eigenvalue weighted by Crippen LogP contribution is 2.19. The number of carbonyl (C=O) groups excluding carboxylic acids is 1. The van der Waals surface area contributed by atoms with Crippen LogP contribution >= 0.6 is 0 Å². The number of aromatic nitrogens is 2. The molecule has 4 nitrogen and oxygen atoms in total. The third-order valence-electron chi connectivity index (χ3n) is 4.21. The van der Waals surface area contributed by atoms with E-state index in [1.54, 1.807) is 31.3 Å². The van der Waals surface area contributed by atoms with Crippen LogP contribution in [0.2, 0.25) is 0 Å². The SMILES string of the molecule is CCCCCN(C(=O)c1cnn(-c2ccccc2F)c1C)C(C)C. The van der Waals surface area contributed by atoms with Gasteiger partial charge in [-0.05, 0) is 39.3 Å². The second-order valence-corrected chi connectivity index (χ2v) is 6.31. The molecule has 0 fully saturated rings. The number of amides is 1. The summed E-state index contributed by atoms with van der Waals surface area (Å²) in [6, 6.07) is 6.56. The Morgan fingerprint density at radius 3 is 2.62 bits per heavy atom. The predicted molar refractivity (Wildman–Crippen MR) is 94.0 cm³/mol. The van der Waals surface area contributed by atoms with Gasteiger partial charge in [0.15, 0.2) is 0 Å². The zero-order chi connectivity index (χ0) is 17.7. The molecule has 0 radical (unpaired) electrons. The summed E-state index contributed by atoms with van der Waals surface area (Å²) in [5.74, 6) is -0.396. The molecule has 0 unspecified atom stereocenters. The van der Waals surface area contributed by atoms with Crippen LogP contribution in [0, 0.1) is 12.7 Å².